The van der Waals surface area contributed by atoms with Gasteiger partial charge in [0, 0.05) is 37.8 Å². The molecule has 0 saturated heterocycles. The number of carboxylic acid groups (broad SMARTS) is 1. The zero-order valence-corrected chi connectivity index (χ0v) is 23.5. The van der Waals surface area contributed by atoms with E-state index in [4.69, 9.17) is 0 Å². The quantitative estimate of drug-likeness (QED) is 0.464. The van der Waals surface area contributed by atoms with Crippen LogP contribution in [0.15, 0.2) is 42.5 Å². The molecule has 0 aromatic heterocycles. The molecule has 39 heavy (non-hydrogen) atoms. The number of aliphatic carboxylic acids is 1. The first-order chi connectivity index (χ1) is 18.6. The maximum Gasteiger partial charge on any atom is 0.323 e. The first kappa shape index (κ1) is 30.3. The normalized spacial score (nSPS) is 15.3. The number of hydrogen-bond acceptors (Lipinski definition) is 4. The minimum absolute atomic E-state index is 0.0277. The Labute approximate surface area is 231 Å². The highest BCUT2D eigenvalue weighted by atomic mass is 19.1. The van der Waals surface area contributed by atoms with Gasteiger partial charge in [0.2, 0.25) is 5.91 Å². The van der Waals surface area contributed by atoms with Gasteiger partial charge in [-0.15, -0.1) is 0 Å². The Balaban J connectivity index is 1.99. The summed E-state index contributed by atoms with van der Waals surface area (Å²) in [6, 6.07) is 11.1. The molecule has 0 bridgehead atoms. The lowest BCUT2D eigenvalue weighted by atomic mass is 10.0. The molecule has 0 aliphatic carbocycles. The van der Waals surface area contributed by atoms with Crippen LogP contribution >= 0.6 is 0 Å². The van der Waals surface area contributed by atoms with Crippen molar-refractivity contribution < 1.29 is 23.9 Å². The molecule has 8 heteroatoms. The van der Waals surface area contributed by atoms with Gasteiger partial charge in [0.25, 0.3) is 5.91 Å². The molecule has 2 amide bonds. The Morgan fingerprint density at radius 1 is 1.00 bits per heavy atom. The highest BCUT2D eigenvalue weighted by molar-refractivity contribution is 5.98. The smallest absolute Gasteiger partial charge is 0.323 e. The SMILES string of the molecule is CC(=O)N1CCCCCCCN(CCC(C)C)Cc2cc(C(=O)N(CC(=O)O)Cc3cccc(F)c3)ccc21. The van der Waals surface area contributed by atoms with E-state index in [1.807, 2.05) is 12.1 Å². The molecule has 1 aliphatic heterocycles. The van der Waals surface area contributed by atoms with E-state index in [2.05, 4.69) is 18.7 Å². The predicted molar refractivity (Wildman–Crippen MR) is 151 cm³/mol. The van der Waals surface area contributed by atoms with E-state index in [1.54, 1.807) is 24.0 Å². The number of hydrogen-bond donors (Lipinski definition) is 1. The van der Waals surface area contributed by atoms with Gasteiger partial charge in [0.15, 0.2) is 0 Å². The molecule has 0 atom stereocenters. The van der Waals surface area contributed by atoms with E-state index in [0.717, 1.165) is 62.9 Å². The summed E-state index contributed by atoms with van der Waals surface area (Å²) in [7, 11) is 0. The van der Waals surface area contributed by atoms with Crippen LogP contribution in [0.5, 0.6) is 0 Å². The summed E-state index contributed by atoms with van der Waals surface area (Å²) in [5.41, 5.74) is 2.54. The van der Waals surface area contributed by atoms with Crippen molar-refractivity contribution in [1.82, 2.24) is 9.80 Å². The predicted octanol–water partition coefficient (Wildman–Crippen LogP) is 5.72. The molecule has 0 spiro atoms. The zero-order valence-electron chi connectivity index (χ0n) is 23.5. The second kappa shape index (κ2) is 14.8. The minimum Gasteiger partial charge on any atom is -0.480 e. The monoisotopic (exact) mass is 539 g/mol. The van der Waals surface area contributed by atoms with Crippen molar-refractivity contribution in [1.29, 1.82) is 0 Å². The van der Waals surface area contributed by atoms with Gasteiger partial charge in [-0.25, -0.2) is 4.39 Å². The van der Waals surface area contributed by atoms with Crippen molar-refractivity contribution in [2.45, 2.75) is 72.4 Å². The van der Waals surface area contributed by atoms with Gasteiger partial charge in [0.05, 0.1) is 0 Å². The van der Waals surface area contributed by atoms with Crippen LogP contribution in [-0.4, -0.2) is 58.9 Å². The summed E-state index contributed by atoms with van der Waals surface area (Å²) < 4.78 is 13.8. The number of anilines is 1. The molecule has 1 heterocycles. The van der Waals surface area contributed by atoms with E-state index in [9.17, 15) is 23.9 Å². The highest BCUT2D eigenvalue weighted by Gasteiger charge is 2.23. The van der Waals surface area contributed by atoms with Crippen LogP contribution in [0, 0.1) is 11.7 Å². The van der Waals surface area contributed by atoms with E-state index in [1.165, 1.54) is 23.1 Å². The van der Waals surface area contributed by atoms with Gasteiger partial charge in [-0.2, -0.15) is 0 Å². The van der Waals surface area contributed by atoms with Crippen LogP contribution in [-0.2, 0) is 22.7 Å². The maximum atomic E-state index is 13.8. The Kier molecular flexibility index (Phi) is 11.5. The molecule has 0 unspecified atom stereocenters. The molecule has 2 aromatic carbocycles. The fraction of sp³-hybridized carbons (Fsp3) is 0.516. The standard InChI is InChI=1S/C31H42FN3O4/c1-23(2)14-17-33-15-7-5-4-6-8-16-35(24(3)36)29-13-12-26(19-27(29)21-33)31(39)34(22-30(37)38)20-25-10-9-11-28(32)18-25/h9-13,18-19,23H,4-8,14-17,20-22H2,1-3H3,(H,37,38). The van der Waals surface area contributed by atoms with E-state index in [0.29, 0.717) is 30.1 Å². The fourth-order valence-electron chi connectivity index (χ4n) is 5.04. The lowest BCUT2D eigenvalue weighted by molar-refractivity contribution is -0.137. The Bertz CT molecular complexity index is 1140. The Morgan fingerprint density at radius 3 is 2.38 bits per heavy atom. The first-order valence-electron chi connectivity index (χ1n) is 14.0. The minimum atomic E-state index is -1.14. The van der Waals surface area contributed by atoms with Crippen LogP contribution in [0.3, 0.4) is 0 Å². The molecule has 212 valence electrons. The van der Waals surface area contributed by atoms with Crippen molar-refractivity contribution in [3.8, 4) is 0 Å². The summed E-state index contributed by atoms with van der Waals surface area (Å²) >= 11 is 0. The van der Waals surface area contributed by atoms with Crippen LogP contribution in [0.25, 0.3) is 0 Å². The Morgan fingerprint density at radius 2 is 1.72 bits per heavy atom. The maximum absolute atomic E-state index is 13.8. The number of carbonyl (C=O) groups excluding carboxylic acids is 2. The summed E-state index contributed by atoms with van der Waals surface area (Å²) in [5, 5.41) is 9.50. The topological polar surface area (TPSA) is 81.2 Å². The first-order valence-corrected chi connectivity index (χ1v) is 14.0. The van der Waals surface area contributed by atoms with Crippen molar-refractivity contribution in [2.24, 2.45) is 5.92 Å². The van der Waals surface area contributed by atoms with Crippen LogP contribution < -0.4 is 4.90 Å². The molecule has 7 nitrogen and oxygen atoms in total. The second-order valence-corrected chi connectivity index (χ2v) is 10.9. The third-order valence-electron chi connectivity index (χ3n) is 7.15. The van der Waals surface area contributed by atoms with Crippen LogP contribution in [0.4, 0.5) is 10.1 Å². The Hall–Kier alpha value is -3.26. The number of carbonyl (C=O) groups is 3. The second-order valence-electron chi connectivity index (χ2n) is 10.9. The number of nitrogens with zero attached hydrogens (tertiary/aromatic N) is 3. The summed E-state index contributed by atoms with van der Waals surface area (Å²) in [4.78, 5) is 43.3. The van der Waals surface area contributed by atoms with Gasteiger partial charge < -0.3 is 14.9 Å². The molecule has 0 radical (unpaired) electrons. The van der Waals surface area contributed by atoms with Crippen molar-refractivity contribution >= 4 is 23.5 Å². The number of amides is 2. The third kappa shape index (κ3) is 9.46. The average molecular weight is 540 g/mol. The average Bonchev–Trinajstić information content (AvgIpc) is 2.86. The van der Waals surface area contributed by atoms with Crippen molar-refractivity contribution in [3.05, 3.63) is 65.0 Å². The summed E-state index contributed by atoms with van der Waals surface area (Å²) in [6.45, 7) is 8.51. The molecule has 1 N–H and O–H groups in total. The molecular weight excluding hydrogens is 497 g/mol. The summed E-state index contributed by atoms with van der Waals surface area (Å²) in [5.74, 6) is -1.52. The lowest BCUT2D eigenvalue weighted by Gasteiger charge is -2.30. The number of fused-ring (bicyclic) bond motifs is 1. The molecule has 1 aliphatic rings. The van der Waals surface area contributed by atoms with E-state index < -0.39 is 24.2 Å². The van der Waals surface area contributed by atoms with E-state index in [-0.39, 0.29) is 12.5 Å². The largest absolute Gasteiger partial charge is 0.480 e. The van der Waals surface area contributed by atoms with Gasteiger partial charge in [0.1, 0.15) is 12.4 Å². The zero-order chi connectivity index (χ0) is 28.4. The lowest BCUT2D eigenvalue weighted by Crippen LogP contribution is -2.36. The third-order valence-corrected chi connectivity index (χ3v) is 7.15. The molecular formula is C31H42FN3O4. The van der Waals surface area contributed by atoms with Gasteiger partial charge in [-0.3, -0.25) is 19.3 Å². The van der Waals surface area contributed by atoms with Crippen molar-refractivity contribution in [2.75, 3.05) is 31.1 Å². The summed E-state index contributed by atoms with van der Waals surface area (Å²) in [6.07, 6.45) is 6.41. The van der Waals surface area contributed by atoms with E-state index >= 15 is 0 Å². The molecule has 3 rings (SSSR count). The molecule has 2 aromatic rings. The van der Waals surface area contributed by atoms with Crippen molar-refractivity contribution in [3.63, 3.8) is 0 Å². The highest BCUT2D eigenvalue weighted by Crippen LogP contribution is 2.27. The number of carboxylic acids is 1. The number of rotatable bonds is 8. The number of halogens is 1. The fourth-order valence-corrected chi connectivity index (χ4v) is 5.04. The van der Waals surface area contributed by atoms with Crippen LogP contribution in [0.2, 0.25) is 0 Å². The number of benzene rings is 2. The molecule has 0 fully saturated rings. The van der Waals surface area contributed by atoms with Gasteiger partial charge in [-0.05, 0) is 79.7 Å². The van der Waals surface area contributed by atoms with Crippen LogP contribution in [0.1, 0.15) is 80.8 Å². The van der Waals surface area contributed by atoms with Gasteiger partial charge >= 0.3 is 5.97 Å². The van der Waals surface area contributed by atoms with Gasteiger partial charge in [-0.1, -0.05) is 45.2 Å². The molecule has 0 saturated carbocycles.